The number of sulfonamides is 1. The second kappa shape index (κ2) is 14.1. The fourth-order valence-corrected chi connectivity index (χ4v) is 5.07. The number of amides is 1. The van der Waals surface area contributed by atoms with Crippen LogP contribution in [0.25, 0.3) is 0 Å². The molecule has 0 aliphatic heterocycles. The van der Waals surface area contributed by atoms with Crippen LogP contribution in [0.1, 0.15) is 34.3 Å². The second-order valence-electron chi connectivity index (χ2n) is 8.74. The Hall–Kier alpha value is -4.22. The first-order chi connectivity index (χ1) is 18.7. The van der Waals surface area contributed by atoms with Gasteiger partial charge in [-0.25, -0.2) is 18.0 Å². The Balaban J connectivity index is 1.74. The van der Waals surface area contributed by atoms with Crippen LogP contribution in [0.3, 0.4) is 0 Å². The van der Waals surface area contributed by atoms with Gasteiger partial charge in [0.25, 0.3) is 0 Å². The highest BCUT2D eigenvalue weighted by Gasteiger charge is 2.26. The number of rotatable bonds is 15. The van der Waals surface area contributed by atoms with Crippen molar-refractivity contribution in [1.29, 1.82) is 0 Å². The van der Waals surface area contributed by atoms with Gasteiger partial charge in [-0.05, 0) is 61.1 Å². The lowest BCUT2D eigenvalue weighted by Crippen LogP contribution is -2.48. The summed E-state index contributed by atoms with van der Waals surface area (Å²) in [4.78, 5) is 35.6. The number of carboxylic acid groups (broad SMARTS) is 2. The van der Waals surface area contributed by atoms with Crippen LogP contribution >= 0.6 is 0 Å². The van der Waals surface area contributed by atoms with Gasteiger partial charge in [0, 0.05) is 6.54 Å². The number of hydrogen-bond acceptors (Lipinski definition) is 6. The third-order valence-electron chi connectivity index (χ3n) is 5.77. The number of nitrogens with one attached hydrogen (secondary N) is 2. The number of carboxylic acids is 2. The van der Waals surface area contributed by atoms with E-state index in [1.165, 1.54) is 35.9 Å². The summed E-state index contributed by atoms with van der Waals surface area (Å²) in [6.45, 7) is -0.399. The van der Waals surface area contributed by atoms with E-state index in [1.54, 1.807) is 18.2 Å². The van der Waals surface area contributed by atoms with E-state index >= 15 is 0 Å². The predicted octanol–water partition coefficient (Wildman–Crippen LogP) is 2.88. The maximum atomic E-state index is 13.1. The van der Waals surface area contributed by atoms with Gasteiger partial charge in [-0.1, -0.05) is 54.6 Å². The van der Waals surface area contributed by atoms with Gasteiger partial charge in [0.15, 0.2) is 6.61 Å². The van der Waals surface area contributed by atoms with Crippen LogP contribution in [0.4, 0.5) is 0 Å². The Bertz CT molecular complexity index is 1380. The molecule has 0 radical (unpaired) electrons. The van der Waals surface area contributed by atoms with E-state index in [0.717, 1.165) is 12.8 Å². The molecule has 4 N–H and O–H groups in total. The summed E-state index contributed by atoms with van der Waals surface area (Å²) in [6.07, 6.45) is 2.19. The third-order valence-corrected chi connectivity index (χ3v) is 7.25. The van der Waals surface area contributed by atoms with Crippen LogP contribution < -0.4 is 14.8 Å². The van der Waals surface area contributed by atoms with Crippen molar-refractivity contribution >= 4 is 27.9 Å². The molecule has 3 aromatic carbocycles. The quantitative estimate of drug-likeness (QED) is 0.209. The molecule has 0 aliphatic carbocycles. The highest BCUT2D eigenvalue weighted by atomic mass is 32.2. The Labute approximate surface area is 226 Å². The summed E-state index contributed by atoms with van der Waals surface area (Å²) in [7, 11) is -4.07. The fraction of sp³-hybridized carbons (Fsp3) is 0.250. The third kappa shape index (κ3) is 9.24. The zero-order chi connectivity index (χ0) is 28.3. The largest absolute Gasteiger partial charge is 0.481 e. The van der Waals surface area contributed by atoms with Gasteiger partial charge < -0.3 is 20.3 Å². The van der Waals surface area contributed by atoms with Crippen molar-refractivity contribution in [3.8, 4) is 5.75 Å². The molecule has 0 aromatic heterocycles. The van der Waals surface area contributed by atoms with Gasteiger partial charge in [0.1, 0.15) is 17.4 Å². The lowest BCUT2D eigenvalue weighted by Gasteiger charge is -2.19. The summed E-state index contributed by atoms with van der Waals surface area (Å²) < 4.78 is 33.5. The van der Waals surface area contributed by atoms with E-state index in [9.17, 15) is 27.9 Å². The number of unbranched alkanes of at least 4 members (excludes halogenated alkanes) is 1. The molecule has 0 saturated heterocycles. The van der Waals surface area contributed by atoms with Crippen molar-refractivity contribution in [2.75, 3.05) is 13.2 Å². The molecule has 206 valence electrons. The van der Waals surface area contributed by atoms with E-state index in [0.29, 0.717) is 18.5 Å². The molecular weight excluding hydrogens is 524 g/mol. The van der Waals surface area contributed by atoms with Crippen LogP contribution in [0.5, 0.6) is 5.75 Å². The summed E-state index contributed by atoms with van der Waals surface area (Å²) in [6, 6.07) is 20.2. The van der Waals surface area contributed by atoms with Crippen LogP contribution in [0, 0.1) is 0 Å². The highest BCUT2D eigenvalue weighted by molar-refractivity contribution is 7.89. The van der Waals surface area contributed by atoms with Crippen LogP contribution in [0.15, 0.2) is 83.8 Å². The van der Waals surface area contributed by atoms with E-state index in [-0.39, 0.29) is 22.6 Å². The van der Waals surface area contributed by atoms with Crippen molar-refractivity contribution < 1.29 is 37.8 Å². The van der Waals surface area contributed by atoms with E-state index in [4.69, 9.17) is 9.84 Å². The monoisotopic (exact) mass is 554 g/mol. The van der Waals surface area contributed by atoms with Crippen LogP contribution in [0.2, 0.25) is 0 Å². The first-order valence-electron chi connectivity index (χ1n) is 12.3. The topological polar surface area (TPSA) is 159 Å². The highest BCUT2D eigenvalue weighted by Crippen LogP contribution is 2.22. The molecule has 0 unspecified atom stereocenters. The molecular formula is C28H30N2O8S. The molecule has 0 spiro atoms. The zero-order valence-electron chi connectivity index (χ0n) is 21.1. The van der Waals surface area contributed by atoms with Crippen molar-refractivity contribution in [2.24, 2.45) is 0 Å². The van der Waals surface area contributed by atoms with Crippen molar-refractivity contribution in [2.45, 2.75) is 36.6 Å². The Morgan fingerprint density at radius 2 is 1.51 bits per heavy atom. The molecule has 0 bridgehead atoms. The number of carbonyl (C=O) groups excluding carboxylic acids is 1. The summed E-state index contributed by atoms with van der Waals surface area (Å²) >= 11 is 0. The minimum atomic E-state index is -4.07. The maximum Gasteiger partial charge on any atom is 0.341 e. The normalized spacial score (nSPS) is 11.9. The zero-order valence-corrected chi connectivity index (χ0v) is 21.9. The number of benzene rings is 3. The number of hydrogen-bond donors (Lipinski definition) is 4. The van der Waals surface area contributed by atoms with Crippen LogP contribution in [-0.2, 0) is 32.5 Å². The second-order valence-corrected chi connectivity index (χ2v) is 10.5. The number of ether oxygens (including phenoxy) is 1. The Morgan fingerprint density at radius 1 is 0.846 bits per heavy atom. The molecule has 1 atom stereocenters. The average Bonchev–Trinajstić information content (AvgIpc) is 2.92. The van der Waals surface area contributed by atoms with Crippen molar-refractivity contribution in [3.05, 3.63) is 95.6 Å². The first kappa shape index (κ1) is 29.3. The molecule has 0 fully saturated rings. The van der Waals surface area contributed by atoms with Crippen molar-refractivity contribution in [1.82, 2.24) is 10.0 Å². The minimum Gasteiger partial charge on any atom is -0.481 e. The average molecular weight is 555 g/mol. The molecule has 3 rings (SSSR count). The van der Waals surface area contributed by atoms with E-state index in [2.05, 4.69) is 10.0 Å². The SMILES string of the molecule is O=C(O)COc1ccc(C[C@H](NS(=O)(=O)c2ccccc2)C(=O)NCCCCc2ccccc2)cc1C(=O)O. The smallest absolute Gasteiger partial charge is 0.341 e. The van der Waals surface area contributed by atoms with Gasteiger partial charge in [0.2, 0.25) is 15.9 Å². The Morgan fingerprint density at radius 3 is 2.15 bits per heavy atom. The Kier molecular flexibility index (Phi) is 10.6. The van der Waals surface area contributed by atoms with Crippen LogP contribution in [-0.4, -0.2) is 55.7 Å². The van der Waals surface area contributed by atoms with Gasteiger partial charge in [-0.2, -0.15) is 4.72 Å². The predicted molar refractivity (Wildman–Crippen MR) is 143 cm³/mol. The number of aromatic carboxylic acids is 1. The molecule has 10 nitrogen and oxygen atoms in total. The van der Waals surface area contributed by atoms with E-state index in [1.807, 2.05) is 30.3 Å². The van der Waals surface area contributed by atoms with Gasteiger partial charge >= 0.3 is 11.9 Å². The molecule has 0 saturated carbocycles. The maximum absolute atomic E-state index is 13.1. The molecule has 39 heavy (non-hydrogen) atoms. The number of aliphatic carboxylic acids is 1. The fourth-order valence-electron chi connectivity index (χ4n) is 3.85. The summed E-state index contributed by atoms with van der Waals surface area (Å²) in [5, 5.41) is 21.2. The standard InChI is InChI=1S/C28H30N2O8S/c31-26(32)19-38-25-15-14-21(17-23(25)28(34)35)18-24(30-39(36,37)22-12-5-2-6-13-22)27(33)29-16-8-7-11-20-9-3-1-4-10-20/h1-6,9-10,12-15,17,24,30H,7-8,11,16,18-19H2,(H,29,33)(H,31,32)(H,34,35)/t24-/m0/s1. The summed E-state index contributed by atoms with van der Waals surface area (Å²) in [5.41, 5.74) is 1.22. The number of carbonyl (C=O) groups is 3. The number of aryl methyl sites for hydroxylation is 1. The molecule has 3 aromatic rings. The van der Waals surface area contributed by atoms with Crippen molar-refractivity contribution in [3.63, 3.8) is 0 Å². The minimum absolute atomic E-state index is 0.0192. The van der Waals surface area contributed by atoms with Gasteiger partial charge in [-0.15, -0.1) is 0 Å². The van der Waals surface area contributed by atoms with Gasteiger partial charge in [-0.3, -0.25) is 4.79 Å². The van der Waals surface area contributed by atoms with Gasteiger partial charge in [0.05, 0.1) is 4.90 Å². The lowest BCUT2D eigenvalue weighted by molar-refractivity contribution is -0.139. The van der Waals surface area contributed by atoms with E-state index < -0.39 is 40.5 Å². The lowest BCUT2D eigenvalue weighted by atomic mass is 10.0. The molecule has 0 aliphatic rings. The molecule has 1 amide bonds. The molecule has 11 heteroatoms. The molecule has 0 heterocycles. The first-order valence-corrected chi connectivity index (χ1v) is 13.7. The summed E-state index contributed by atoms with van der Waals surface area (Å²) in [5.74, 6) is -3.34.